The summed E-state index contributed by atoms with van der Waals surface area (Å²) < 4.78 is 0. The monoisotopic (exact) mass is 156 g/mol. The molecule has 0 amide bonds. The van der Waals surface area contributed by atoms with E-state index < -0.39 is 0 Å². The van der Waals surface area contributed by atoms with Gasteiger partial charge in [0.15, 0.2) is 0 Å². The number of aromatic nitrogens is 1. The molecule has 0 aromatic carbocycles. The fourth-order valence-corrected chi connectivity index (χ4v) is 1.16. The number of aldehydes is 1. The van der Waals surface area contributed by atoms with Gasteiger partial charge in [-0.1, -0.05) is 0 Å². The Hall–Kier alpha value is -0.900. The predicted molar refractivity (Wildman–Crippen MR) is 41.3 cm³/mol. The van der Waals surface area contributed by atoms with E-state index in [2.05, 4.69) is 10.3 Å². The van der Waals surface area contributed by atoms with Crippen molar-refractivity contribution in [1.82, 2.24) is 4.98 Å². The summed E-state index contributed by atoms with van der Waals surface area (Å²) in [4.78, 5) is 14.0. The molecule has 1 rings (SSSR count). The first kappa shape index (κ1) is 7.21. The molecule has 0 aliphatic heterocycles. The molecule has 0 unspecified atom stereocenters. The first-order valence-electron chi connectivity index (χ1n) is 2.93. The smallest absolute Gasteiger partial charge is 0.141 e. The molecule has 1 aromatic rings. The molecule has 1 atom stereocenters. The van der Waals surface area contributed by atoms with Crippen molar-refractivity contribution in [3.8, 4) is 0 Å². The third-order valence-electron chi connectivity index (χ3n) is 1.01. The van der Waals surface area contributed by atoms with Crippen LogP contribution in [0.2, 0.25) is 0 Å². The molecule has 54 valence electrons. The molecule has 0 spiro atoms. The molecule has 1 aromatic heterocycles. The van der Waals surface area contributed by atoms with E-state index >= 15 is 0 Å². The molecular formula is C6H8N2OS. The van der Waals surface area contributed by atoms with Crippen LogP contribution in [0.5, 0.6) is 0 Å². The number of carbonyl (C=O) groups is 1. The van der Waals surface area contributed by atoms with Crippen LogP contribution in [0.1, 0.15) is 6.92 Å². The zero-order valence-corrected chi connectivity index (χ0v) is 6.39. The van der Waals surface area contributed by atoms with Gasteiger partial charge in [0.25, 0.3) is 0 Å². The van der Waals surface area contributed by atoms with Gasteiger partial charge in [0.05, 0.1) is 17.7 Å². The number of hydrogen-bond acceptors (Lipinski definition) is 4. The Morgan fingerprint density at radius 1 is 1.90 bits per heavy atom. The Bertz CT molecular complexity index is 198. The van der Waals surface area contributed by atoms with Gasteiger partial charge in [-0.15, -0.1) is 11.3 Å². The summed E-state index contributed by atoms with van der Waals surface area (Å²) in [5.74, 6) is 0. The van der Waals surface area contributed by atoms with Crippen LogP contribution in [-0.4, -0.2) is 17.3 Å². The summed E-state index contributed by atoms with van der Waals surface area (Å²) >= 11 is 1.49. The zero-order valence-electron chi connectivity index (χ0n) is 5.57. The number of thiazole rings is 1. The second-order valence-corrected chi connectivity index (χ2v) is 2.82. The maximum Gasteiger partial charge on any atom is 0.141 e. The van der Waals surface area contributed by atoms with Crippen LogP contribution >= 0.6 is 11.3 Å². The van der Waals surface area contributed by atoms with Crippen LogP contribution in [0, 0.1) is 0 Å². The van der Waals surface area contributed by atoms with E-state index in [4.69, 9.17) is 0 Å². The maximum absolute atomic E-state index is 10.2. The molecule has 0 aliphatic rings. The number of nitrogens with zero attached hydrogens (tertiary/aromatic N) is 1. The Kier molecular flexibility index (Phi) is 2.39. The van der Waals surface area contributed by atoms with Crippen LogP contribution < -0.4 is 5.32 Å². The SMILES string of the molecule is C[C@@H](C=O)Nc1cncs1. The van der Waals surface area contributed by atoms with E-state index in [9.17, 15) is 4.79 Å². The zero-order chi connectivity index (χ0) is 7.40. The van der Waals surface area contributed by atoms with E-state index in [1.165, 1.54) is 11.3 Å². The van der Waals surface area contributed by atoms with Crippen LogP contribution in [0.3, 0.4) is 0 Å². The minimum Gasteiger partial charge on any atom is -0.366 e. The summed E-state index contributed by atoms with van der Waals surface area (Å²) in [6.45, 7) is 1.80. The Morgan fingerprint density at radius 3 is 3.20 bits per heavy atom. The van der Waals surface area contributed by atoms with Crippen molar-refractivity contribution >= 4 is 22.6 Å². The van der Waals surface area contributed by atoms with Gasteiger partial charge in [-0.25, -0.2) is 0 Å². The average Bonchev–Trinajstić information content (AvgIpc) is 2.40. The fourth-order valence-electron chi connectivity index (χ4n) is 0.545. The minimum absolute atomic E-state index is 0.125. The Morgan fingerprint density at radius 2 is 2.70 bits per heavy atom. The van der Waals surface area contributed by atoms with Crippen molar-refractivity contribution in [2.24, 2.45) is 0 Å². The van der Waals surface area contributed by atoms with Crippen molar-refractivity contribution in [2.45, 2.75) is 13.0 Å². The summed E-state index contributed by atoms with van der Waals surface area (Å²) in [7, 11) is 0. The quantitative estimate of drug-likeness (QED) is 0.667. The van der Waals surface area contributed by atoms with Gasteiger partial charge < -0.3 is 10.1 Å². The second-order valence-electron chi connectivity index (χ2n) is 1.93. The number of hydrogen-bond donors (Lipinski definition) is 1. The summed E-state index contributed by atoms with van der Waals surface area (Å²) in [6, 6.07) is -0.125. The molecular weight excluding hydrogens is 148 g/mol. The van der Waals surface area contributed by atoms with E-state index in [0.29, 0.717) is 0 Å². The normalized spacial score (nSPS) is 12.5. The van der Waals surface area contributed by atoms with Crippen molar-refractivity contribution in [3.05, 3.63) is 11.7 Å². The molecule has 0 aliphatic carbocycles. The van der Waals surface area contributed by atoms with Gasteiger partial charge in [0.2, 0.25) is 0 Å². The molecule has 0 bridgehead atoms. The molecule has 0 radical (unpaired) electrons. The van der Waals surface area contributed by atoms with E-state index in [0.717, 1.165) is 11.3 Å². The highest BCUT2D eigenvalue weighted by Gasteiger charge is 1.98. The summed E-state index contributed by atoms with van der Waals surface area (Å²) in [5, 5.41) is 3.89. The lowest BCUT2D eigenvalue weighted by Gasteiger charge is -2.03. The second kappa shape index (κ2) is 3.31. The van der Waals surface area contributed by atoms with Gasteiger partial charge in [0.1, 0.15) is 11.3 Å². The van der Waals surface area contributed by atoms with Crippen LogP contribution in [0.25, 0.3) is 0 Å². The third-order valence-corrected chi connectivity index (χ3v) is 1.71. The number of anilines is 1. The molecule has 1 N–H and O–H groups in total. The van der Waals surface area contributed by atoms with E-state index in [-0.39, 0.29) is 6.04 Å². The van der Waals surface area contributed by atoms with Gasteiger partial charge >= 0.3 is 0 Å². The summed E-state index contributed by atoms with van der Waals surface area (Å²) in [6.07, 6.45) is 2.56. The van der Waals surface area contributed by atoms with Crippen LogP contribution in [0.4, 0.5) is 5.00 Å². The first-order valence-corrected chi connectivity index (χ1v) is 3.81. The topological polar surface area (TPSA) is 42.0 Å². The largest absolute Gasteiger partial charge is 0.366 e. The molecule has 10 heavy (non-hydrogen) atoms. The lowest BCUT2D eigenvalue weighted by Crippen LogP contribution is -2.14. The van der Waals surface area contributed by atoms with E-state index in [1.54, 1.807) is 18.6 Å². The molecule has 4 heteroatoms. The predicted octanol–water partition coefficient (Wildman–Crippen LogP) is 1.14. The average molecular weight is 156 g/mol. The standard InChI is InChI=1S/C6H8N2OS/c1-5(3-9)8-6-2-7-4-10-6/h2-5,8H,1H3/t5-/m0/s1. The van der Waals surface area contributed by atoms with Crippen LogP contribution in [-0.2, 0) is 4.79 Å². The Balaban J connectivity index is 2.47. The van der Waals surface area contributed by atoms with Gasteiger partial charge in [-0.3, -0.25) is 4.98 Å². The lowest BCUT2D eigenvalue weighted by molar-refractivity contribution is -0.108. The highest BCUT2D eigenvalue weighted by atomic mass is 32.1. The first-order chi connectivity index (χ1) is 4.83. The Labute approximate surface area is 63.1 Å². The van der Waals surface area contributed by atoms with Crippen molar-refractivity contribution in [1.29, 1.82) is 0 Å². The van der Waals surface area contributed by atoms with Gasteiger partial charge in [-0.2, -0.15) is 0 Å². The highest BCUT2D eigenvalue weighted by molar-refractivity contribution is 7.13. The molecule has 0 saturated heterocycles. The molecule has 1 heterocycles. The fraction of sp³-hybridized carbons (Fsp3) is 0.333. The molecule has 0 fully saturated rings. The number of rotatable bonds is 3. The van der Waals surface area contributed by atoms with E-state index in [1.807, 2.05) is 0 Å². The number of carbonyl (C=O) groups excluding carboxylic acids is 1. The maximum atomic E-state index is 10.2. The highest BCUT2D eigenvalue weighted by Crippen LogP contribution is 2.12. The van der Waals surface area contributed by atoms with Crippen molar-refractivity contribution in [3.63, 3.8) is 0 Å². The van der Waals surface area contributed by atoms with Gasteiger partial charge in [-0.05, 0) is 6.92 Å². The molecule has 0 saturated carbocycles. The van der Waals surface area contributed by atoms with Crippen molar-refractivity contribution in [2.75, 3.05) is 5.32 Å². The van der Waals surface area contributed by atoms with Crippen molar-refractivity contribution < 1.29 is 4.79 Å². The minimum atomic E-state index is -0.125. The number of nitrogens with one attached hydrogen (secondary N) is 1. The summed E-state index contributed by atoms with van der Waals surface area (Å²) in [5.41, 5.74) is 1.72. The van der Waals surface area contributed by atoms with Gasteiger partial charge in [0, 0.05) is 0 Å². The third kappa shape index (κ3) is 1.80. The van der Waals surface area contributed by atoms with Crippen LogP contribution in [0.15, 0.2) is 11.7 Å². The lowest BCUT2D eigenvalue weighted by atomic mass is 10.4. The molecule has 3 nitrogen and oxygen atoms in total.